The zero-order valence-corrected chi connectivity index (χ0v) is 9.96. The molecule has 1 fully saturated rings. The summed E-state index contributed by atoms with van der Waals surface area (Å²) in [4.78, 5) is 1.90. The van der Waals surface area contributed by atoms with Gasteiger partial charge in [0, 0.05) is 13.1 Å². The van der Waals surface area contributed by atoms with Gasteiger partial charge in [-0.25, -0.2) is 0 Å². The van der Waals surface area contributed by atoms with Gasteiger partial charge in [0.25, 0.3) is 0 Å². The van der Waals surface area contributed by atoms with Gasteiger partial charge in [-0.3, -0.25) is 0 Å². The molecule has 0 spiro atoms. The van der Waals surface area contributed by atoms with E-state index < -0.39 is 11.7 Å². The van der Waals surface area contributed by atoms with Gasteiger partial charge in [0.2, 0.25) is 0 Å². The van der Waals surface area contributed by atoms with E-state index in [1.165, 1.54) is 6.07 Å². The Morgan fingerprint density at radius 1 is 1.33 bits per heavy atom. The predicted octanol–water partition coefficient (Wildman–Crippen LogP) is 3.57. The van der Waals surface area contributed by atoms with E-state index in [9.17, 15) is 13.2 Å². The Balaban J connectivity index is 2.34. The quantitative estimate of drug-likeness (QED) is 0.806. The van der Waals surface area contributed by atoms with Gasteiger partial charge in [0.15, 0.2) is 0 Å². The predicted molar refractivity (Wildman–Crippen MR) is 62.2 cm³/mol. The third kappa shape index (κ3) is 2.28. The summed E-state index contributed by atoms with van der Waals surface area (Å²) in [5, 5.41) is 8.99. The van der Waals surface area contributed by atoms with Crippen molar-refractivity contribution in [3.8, 4) is 6.07 Å². The van der Waals surface area contributed by atoms with Crippen LogP contribution in [0.2, 0.25) is 0 Å². The van der Waals surface area contributed by atoms with Gasteiger partial charge in [-0.2, -0.15) is 18.4 Å². The monoisotopic (exact) mass is 254 g/mol. The Bertz CT molecular complexity index is 484. The highest BCUT2D eigenvalue weighted by Crippen LogP contribution is 2.35. The molecule has 0 radical (unpaired) electrons. The molecule has 0 aromatic heterocycles. The second kappa shape index (κ2) is 4.52. The molecule has 0 saturated heterocycles. The van der Waals surface area contributed by atoms with E-state index in [1.54, 1.807) is 0 Å². The molecule has 0 unspecified atom stereocenters. The Kier molecular flexibility index (Phi) is 3.20. The minimum absolute atomic E-state index is 0.0826. The largest absolute Gasteiger partial charge is 0.416 e. The van der Waals surface area contributed by atoms with Crippen molar-refractivity contribution in [2.45, 2.75) is 31.5 Å². The molecule has 0 amide bonds. The fraction of sp³-hybridized carbons (Fsp3) is 0.462. The lowest BCUT2D eigenvalue weighted by Gasteiger charge is -2.36. The summed E-state index contributed by atoms with van der Waals surface area (Å²) in [5.41, 5.74) is -0.112. The smallest absolute Gasteiger partial charge is 0.371 e. The summed E-state index contributed by atoms with van der Waals surface area (Å²) in [7, 11) is 1.83. The fourth-order valence-corrected chi connectivity index (χ4v) is 2.08. The molecule has 2 nitrogen and oxygen atoms in total. The molecule has 1 aromatic rings. The van der Waals surface area contributed by atoms with Gasteiger partial charge in [-0.05, 0) is 37.5 Å². The van der Waals surface area contributed by atoms with Crippen molar-refractivity contribution < 1.29 is 13.2 Å². The van der Waals surface area contributed by atoms with Crippen LogP contribution in [0.4, 0.5) is 18.9 Å². The molecule has 0 bridgehead atoms. The number of halogens is 3. The summed E-state index contributed by atoms with van der Waals surface area (Å²) in [5.74, 6) is 0. The van der Waals surface area contributed by atoms with E-state index in [4.69, 9.17) is 5.26 Å². The van der Waals surface area contributed by atoms with Crippen LogP contribution < -0.4 is 4.90 Å². The molecule has 0 heterocycles. The van der Waals surface area contributed by atoms with Crippen molar-refractivity contribution in [2.24, 2.45) is 0 Å². The number of benzene rings is 1. The molecule has 1 aliphatic rings. The summed E-state index contributed by atoms with van der Waals surface area (Å²) < 4.78 is 37.6. The van der Waals surface area contributed by atoms with Crippen LogP contribution in [-0.4, -0.2) is 13.1 Å². The van der Waals surface area contributed by atoms with Crippen molar-refractivity contribution in [1.82, 2.24) is 0 Å². The molecule has 1 aromatic carbocycles. The van der Waals surface area contributed by atoms with Crippen molar-refractivity contribution >= 4 is 5.69 Å². The Morgan fingerprint density at radius 2 is 2.00 bits per heavy atom. The van der Waals surface area contributed by atoms with Gasteiger partial charge in [-0.15, -0.1) is 0 Å². The van der Waals surface area contributed by atoms with Gasteiger partial charge in [-0.1, -0.05) is 0 Å². The first-order valence-electron chi connectivity index (χ1n) is 5.77. The van der Waals surface area contributed by atoms with Gasteiger partial charge in [0.05, 0.1) is 16.8 Å². The molecule has 0 N–H and O–H groups in total. The van der Waals surface area contributed by atoms with Crippen LogP contribution >= 0.6 is 0 Å². The fourth-order valence-electron chi connectivity index (χ4n) is 2.08. The summed E-state index contributed by atoms with van der Waals surface area (Å²) in [6.07, 6.45) is -1.21. The number of nitriles is 1. The van der Waals surface area contributed by atoms with Crippen molar-refractivity contribution in [3.05, 3.63) is 29.3 Å². The minimum atomic E-state index is -4.40. The number of rotatable bonds is 2. The third-order valence-electron chi connectivity index (χ3n) is 3.45. The number of hydrogen-bond donors (Lipinski definition) is 0. The second-order valence-corrected chi connectivity index (χ2v) is 4.54. The van der Waals surface area contributed by atoms with E-state index in [-0.39, 0.29) is 5.56 Å². The van der Waals surface area contributed by atoms with Gasteiger partial charge in [0.1, 0.15) is 6.07 Å². The highest BCUT2D eigenvalue weighted by molar-refractivity contribution is 5.61. The zero-order chi connectivity index (χ0) is 13.3. The average Bonchev–Trinajstić information content (AvgIpc) is 2.24. The maximum atomic E-state index is 12.5. The molecular weight excluding hydrogens is 241 g/mol. The maximum absolute atomic E-state index is 12.5. The molecule has 1 aliphatic carbocycles. The van der Waals surface area contributed by atoms with Crippen LogP contribution in [0.1, 0.15) is 30.4 Å². The molecule has 2 rings (SSSR count). The first-order valence-corrected chi connectivity index (χ1v) is 5.77. The van der Waals surface area contributed by atoms with Crippen LogP contribution in [0, 0.1) is 11.3 Å². The van der Waals surface area contributed by atoms with Crippen LogP contribution in [0.3, 0.4) is 0 Å². The maximum Gasteiger partial charge on any atom is 0.416 e. The lowest BCUT2D eigenvalue weighted by molar-refractivity contribution is -0.137. The van der Waals surface area contributed by atoms with Crippen LogP contribution in [0.25, 0.3) is 0 Å². The SMILES string of the molecule is CN(c1ccc(C(F)(F)F)cc1C#N)C1CCC1. The number of alkyl halides is 3. The topological polar surface area (TPSA) is 27.0 Å². The minimum Gasteiger partial charge on any atom is -0.371 e. The molecule has 0 atom stereocenters. The third-order valence-corrected chi connectivity index (χ3v) is 3.45. The Morgan fingerprint density at radius 3 is 2.44 bits per heavy atom. The molecule has 96 valence electrons. The Labute approximate surface area is 104 Å². The van der Waals surface area contributed by atoms with E-state index in [0.717, 1.165) is 31.4 Å². The normalized spacial score (nSPS) is 15.9. The molecular formula is C13H13F3N2. The summed E-state index contributed by atoms with van der Waals surface area (Å²) in [6, 6.07) is 5.53. The molecule has 1 saturated carbocycles. The highest BCUT2D eigenvalue weighted by atomic mass is 19.4. The lowest BCUT2D eigenvalue weighted by Crippen LogP contribution is -2.37. The number of anilines is 1. The number of nitrogens with zero attached hydrogens (tertiary/aromatic N) is 2. The van der Waals surface area contributed by atoms with E-state index in [0.29, 0.717) is 11.7 Å². The van der Waals surface area contributed by atoms with Gasteiger partial charge >= 0.3 is 6.18 Å². The Hall–Kier alpha value is -1.70. The van der Waals surface area contributed by atoms with Gasteiger partial charge < -0.3 is 4.90 Å². The van der Waals surface area contributed by atoms with Crippen molar-refractivity contribution in [1.29, 1.82) is 5.26 Å². The molecule has 5 heteroatoms. The zero-order valence-electron chi connectivity index (χ0n) is 9.96. The van der Waals surface area contributed by atoms with Crippen LogP contribution in [-0.2, 0) is 6.18 Å². The lowest BCUT2D eigenvalue weighted by atomic mass is 9.91. The summed E-state index contributed by atoms with van der Waals surface area (Å²) >= 11 is 0. The summed E-state index contributed by atoms with van der Waals surface area (Å²) in [6.45, 7) is 0. The van der Waals surface area contributed by atoms with Crippen LogP contribution in [0.15, 0.2) is 18.2 Å². The van der Waals surface area contributed by atoms with E-state index >= 15 is 0 Å². The van der Waals surface area contributed by atoms with Crippen molar-refractivity contribution in [2.75, 3.05) is 11.9 Å². The van der Waals surface area contributed by atoms with E-state index in [2.05, 4.69) is 0 Å². The van der Waals surface area contributed by atoms with Crippen LogP contribution in [0.5, 0.6) is 0 Å². The first-order chi connectivity index (χ1) is 8.43. The van der Waals surface area contributed by atoms with E-state index in [1.807, 2.05) is 18.0 Å². The van der Waals surface area contributed by atoms with Crippen molar-refractivity contribution in [3.63, 3.8) is 0 Å². The number of hydrogen-bond acceptors (Lipinski definition) is 2. The molecule has 18 heavy (non-hydrogen) atoms. The second-order valence-electron chi connectivity index (χ2n) is 4.54. The first kappa shape index (κ1) is 12.7. The average molecular weight is 254 g/mol. The highest BCUT2D eigenvalue weighted by Gasteiger charge is 2.32. The molecule has 0 aliphatic heterocycles. The standard InChI is InChI=1S/C13H13F3N2/c1-18(11-3-2-4-11)12-6-5-10(13(14,15)16)7-9(12)8-17/h5-7,11H,2-4H2,1H3.